The summed E-state index contributed by atoms with van der Waals surface area (Å²) in [4.78, 5) is 29.8. The summed E-state index contributed by atoms with van der Waals surface area (Å²) in [6, 6.07) is 7.20. The second kappa shape index (κ2) is 7.26. The number of anilines is 2. The van der Waals surface area contributed by atoms with Gasteiger partial charge in [0, 0.05) is 5.69 Å². The summed E-state index contributed by atoms with van der Waals surface area (Å²) in [5.41, 5.74) is 0.0523. The van der Waals surface area contributed by atoms with E-state index in [-0.39, 0.29) is 18.1 Å². The quantitative estimate of drug-likeness (QED) is 0.794. The molecular weight excluding hydrogens is 286 g/mol. The Balaban J connectivity index is 2.12. The van der Waals surface area contributed by atoms with Crippen molar-refractivity contribution in [3.8, 4) is 5.75 Å². The number of aromatic amines is 1. The summed E-state index contributed by atoms with van der Waals surface area (Å²) in [5, 5.41) is 2.94. The zero-order valence-electron chi connectivity index (χ0n) is 12.4. The van der Waals surface area contributed by atoms with Gasteiger partial charge in [-0.05, 0) is 38.1 Å². The summed E-state index contributed by atoms with van der Waals surface area (Å²) in [6.07, 6.45) is 1.19. The van der Waals surface area contributed by atoms with Crippen molar-refractivity contribution in [2.45, 2.75) is 13.8 Å². The molecule has 0 spiro atoms. The van der Waals surface area contributed by atoms with Gasteiger partial charge >= 0.3 is 5.97 Å². The number of benzene rings is 1. The van der Waals surface area contributed by atoms with E-state index >= 15 is 0 Å². The number of carbonyl (C=O) groups excluding carboxylic acids is 1. The van der Waals surface area contributed by atoms with Gasteiger partial charge in [0.15, 0.2) is 0 Å². The van der Waals surface area contributed by atoms with Crippen LogP contribution in [0, 0.1) is 0 Å². The Morgan fingerprint density at radius 2 is 1.95 bits per heavy atom. The van der Waals surface area contributed by atoms with Crippen LogP contribution >= 0.6 is 0 Å². The van der Waals surface area contributed by atoms with E-state index in [4.69, 9.17) is 9.47 Å². The maximum atomic E-state index is 11.8. The molecule has 116 valence electrons. The molecule has 1 aromatic carbocycles. The highest BCUT2D eigenvalue weighted by Crippen LogP contribution is 2.17. The minimum absolute atomic E-state index is 0.126. The number of nitrogens with one attached hydrogen (secondary N) is 2. The molecule has 0 fully saturated rings. The van der Waals surface area contributed by atoms with Crippen LogP contribution in [-0.2, 0) is 4.74 Å². The third-order valence-electron chi connectivity index (χ3n) is 2.72. The van der Waals surface area contributed by atoms with E-state index in [0.29, 0.717) is 6.61 Å². The Hall–Kier alpha value is -2.83. The number of aromatic nitrogens is 2. The predicted molar refractivity (Wildman–Crippen MR) is 81.7 cm³/mol. The average molecular weight is 303 g/mol. The Labute approximate surface area is 127 Å². The standard InChI is InChI=1S/C15H17N3O4/c1-3-21-11-7-5-10(6-8-11)17-15-16-9-12(13(19)18-15)14(20)22-4-2/h5-9H,3-4H2,1-2H3,(H2,16,17,18,19). The minimum Gasteiger partial charge on any atom is -0.494 e. The van der Waals surface area contributed by atoms with Crippen LogP contribution in [0.15, 0.2) is 35.3 Å². The lowest BCUT2D eigenvalue weighted by atomic mass is 10.3. The molecule has 0 atom stereocenters. The van der Waals surface area contributed by atoms with Crippen LogP contribution in [0.1, 0.15) is 24.2 Å². The van der Waals surface area contributed by atoms with Gasteiger partial charge in [-0.3, -0.25) is 9.78 Å². The first-order chi connectivity index (χ1) is 10.6. The highest BCUT2D eigenvalue weighted by molar-refractivity contribution is 5.88. The van der Waals surface area contributed by atoms with E-state index in [9.17, 15) is 9.59 Å². The maximum Gasteiger partial charge on any atom is 0.345 e. The van der Waals surface area contributed by atoms with Gasteiger partial charge in [0.05, 0.1) is 19.4 Å². The second-order valence-corrected chi connectivity index (χ2v) is 4.28. The van der Waals surface area contributed by atoms with Crippen LogP contribution in [0.3, 0.4) is 0 Å². The largest absolute Gasteiger partial charge is 0.494 e. The van der Waals surface area contributed by atoms with Crippen molar-refractivity contribution >= 4 is 17.6 Å². The fourth-order valence-electron chi connectivity index (χ4n) is 1.75. The summed E-state index contributed by atoms with van der Waals surface area (Å²) in [7, 11) is 0. The number of carbonyl (C=O) groups is 1. The fourth-order valence-corrected chi connectivity index (χ4v) is 1.75. The number of H-pyrrole nitrogens is 1. The number of hydrogen-bond donors (Lipinski definition) is 2. The van der Waals surface area contributed by atoms with Gasteiger partial charge in [-0.15, -0.1) is 0 Å². The molecular formula is C15H17N3O4. The minimum atomic E-state index is -0.691. The van der Waals surface area contributed by atoms with Crippen LogP contribution in [0.25, 0.3) is 0 Å². The Morgan fingerprint density at radius 3 is 2.55 bits per heavy atom. The lowest BCUT2D eigenvalue weighted by molar-refractivity contribution is 0.0524. The molecule has 0 saturated heterocycles. The average Bonchev–Trinajstić information content (AvgIpc) is 2.50. The molecule has 1 heterocycles. The third-order valence-corrected chi connectivity index (χ3v) is 2.72. The summed E-state index contributed by atoms with van der Waals surface area (Å²) < 4.78 is 10.1. The van der Waals surface area contributed by atoms with E-state index in [1.54, 1.807) is 31.2 Å². The molecule has 22 heavy (non-hydrogen) atoms. The van der Waals surface area contributed by atoms with Crippen molar-refractivity contribution in [2.24, 2.45) is 0 Å². The molecule has 0 saturated carbocycles. The van der Waals surface area contributed by atoms with Crippen molar-refractivity contribution in [2.75, 3.05) is 18.5 Å². The van der Waals surface area contributed by atoms with Gasteiger partial charge in [-0.25, -0.2) is 9.78 Å². The number of hydrogen-bond acceptors (Lipinski definition) is 6. The van der Waals surface area contributed by atoms with E-state index < -0.39 is 11.5 Å². The van der Waals surface area contributed by atoms with Crippen molar-refractivity contribution in [3.63, 3.8) is 0 Å². The van der Waals surface area contributed by atoms with Gasteiger partial charge in [0.1, 0.15) is 11.3 Å². The van der Waals surface area contributed by atoms with Crippen LogP contribution < -0.4 is 15.6 Å². The Morgan fingerprint density at radius 1 is 1.23 bits per heavy atom. The van der Waals surface area contributed by atoms with Crippen LogP contribution in [0.4, 0.5) is 11.6 Å². The first kappa shape index (κ1) is 15.6. The van der Waals surface area contributed by atoms with Crippen molar-refractivity contribution in [3.05, 3.63) is 46.4 Å². The van der Waals surface area contributed by atoms with Gasteiger partial charge < -0.3 is 14.8 Å². The van der Waals surface area contributed by atoms with E-state index in [1.165, 1.54) is 6.20 Å². The molecule has 1 aromatic heterocycles. The highest BCUT2D eigenvalue weighted by atomic mass is 16.5. The monoisotopic (exact) mass is 303 g/mol. The molecule has 0 aliphatic carbocycles. The maximum absolute atomic E-state index is 11.8. The number of ether oxygens (including phenoxy) is 2. The van der Waals surface area contributed by atoms with Crippen LogP contribution in [0.5, 0.6) is 5.75 Å². The molecule has 7 nitrogen and oxygen atoms in total. The van der Waals surface area contributed by atoms with Crippen LogP contribution in [-0.4, -0.2) is 29.2 Å². The topological polar surface area (TPSA) is 93.3 Å². The Kier molecular flexibility index (Phi) is 5.13. The summed E-state index contributed by atoms with van der Waals surface area (Å²) in [6.45, 7) is 4.37. The number of rotatable bonds is 6. The van der Waals surface area contributed by atoms with Crippen LogP contribution in [0.2, 0.25) is 0 Å². The molecule has 7 heteroatoms. The SMILES string of the molecule is CCOC(=O)c1cnc(Nc2ccc(OCC)cc2)[nH]c1=O. The number of esters is 1. The predicted octanol–water partition coefficient (Wildman–Crippen LogP) is 2.09. The highest BCUT2D eigenvalue weighted by Gasteiger charge is 2.12. The lowest BCUT2D eigenvalue weighted by Gasteiger charge is -2.07. The smallest absolute Gasteiger partial charge is 0.345 e. The second-order valence-electron chi connectivity index (χ2n) is 4.28. The molecule has 2 N–H and O–H groups in total. The first-order valence-corrected chi connectivity index (χ1v) is 6.90. The molecule has 0 radical (unpaired) electrons. The van der Waals surface area contributed by atoms with E-state index in [0.717, 1.165) is 11.4 Å². The summed E-state index contributed by atoms with van der Waals surface area (Å²) >= 11 is 0. The number of nitrogens with zero attached hydrogens (tertiary/aromatic N) is 1. The van der Waals surface area contributed by atoms with Gasteiger partial charge in [-0.2, -0.15) is 0 Å². The zero-order valence-corrected chi connectivity index (χ0v) is 12.4. The summed E-state index contributed by atoms with van der Waals surface area (Å²) in [5.74, 6) is 0.304. The first-order valence-electron chi connectivity index (χ1n) is 6.90. The molecule has 0 bridgehead atoms. The van der Waals surface area contributed by atoms with Gasteiger partial charge in [0.25, 0.3) is 5.56 Å². The zero-order chi connectivity index (χ0) is 15.9. The third kappa shape index (κ3) is 3.85. The molecule has 0 unspecified atom stereocenters. The van der Waals surface area contributed by atoms with Crippen molar-refractivity contribution in [1.82, 2.24) is 9.97 Å². The lowest BCUT2D eigenvalue weighted by Crippen LogP contribution is -2.21. The fraction of sp³-hybridized carbons (Fsp3) is 0.267. The molecule has 2 rings (SSSR count). The van der Waals surface area contributed by atoms with Crippen molar-refractivity contribution in [1.29, 1.82) is 0 Å². The molecule has 0 aliphatic heterocycles. The van der Waals surface area contributed by atoms with Crippen molar-refractivity contribution < 1.29 is 14.3 Å². The molecule has 2 aromatic rings. The molecule has 0 aliphatic rings. The molecule has 0 amide bonds. The Bertz CT molecular complexity index is 695. The van der Waals surface area contributed by atoms with Gasteiger partial charge in [-0.1, -0.05) is 0 Å². The van der Waals surface area contributed by atoms with E-state index in [1.807, 2.05) is 6.92 Å². The van der Waals surface area contributed by atoms with Gasteiger partial charge in [0.2, 0.25) is 5.95 Å². The van der Waals surface area contributed by atoms with E-state index in [2.05, 4.69) is 15.3 Å². The normalized spacial score (nSPS) is 10.1.